The zero-order chi connectivity index (χ0) is 24.6. The number of amides is 1. The molecule has 4 rings (SSSR count). The third-order valence-corrected chi connectivity index (χ3v) is 5.94. The first-order valence-corrected chi connectivity index (χ1v) is 10.6. The van der Waals surface area contributed by atoms with Crippen molar-refractivity contribution in [2.75, 3.05) is 26.2 Å². The topological polar surface area (TPSA) is 78.4 Å². The summed E-state index contributed by atoms with van der Waals surface area (Å²) >= 11 is 0. The number of alkyl halides is 3. The smallest absolute Gasteiger partial charge is 0.336 e. The zero-order valence-electron chi connectivity index (χ0n) is 18.2. The molecular weight excluding hydrogens is 456 g/mol. The molecule has 3 aromatic rings. The van der Waals surface area contributed by atoms with Crippen molar-refractivity contribution in [1.29, 1.82) is 0 Å². The highest BCUT2D eigenvalue weighted by atomic mass is 19.4. The molecule has 1 aromatic heterocycles. The Labute approximate surface area is 191 Å². The van der Waals surface area contributed by atoms with Crippen LogP contribution in [-0.4, -0.2) is 63.7 Å². The summed E-state index contributed by atoms with van der Waals surface area (Å²) in [6.45, 7) is 0.585. The minimum absolute atomic E-state index is 0.0203. The number of hydrogen-bond donors (Lipinski definition) is 1. The lowest BCUT2D eigenvalue weighted by Gasteiger charge is -2.40. The maximum absolute atomic E-state index is 14.6. The van der Waals surface area contributed by atoms with E-state index in [1.54, 1.807) is 31.2 Å². The molecule has 34 heavy (non-hydrogen) atoms. The molecule has 0 aliphatic carbocycles. The number of carbonyl (C=O) groups excluding carboxylic acids is 1. The van der Waals surface area contributed by atoms with Crippen LogP contribution >= 0.6 is 0 Å². The number of aromatic amines is 1. The van der Waals surface area contributed by atoms with E-state index in [1.165, 1.54) is 26.5 Å². The Hall–Kier alpha value is -3.47. The van der Waals surface area contributed by atoms with Gasteiger partial charge in [0.05, 0.1) is 29.6 Å². The molecule has 0 saturated carbocycles. The van der Waals surface area contributed by atoms with Gasteiger partial charge in [0.1, 0.15) is 5.82 Å². The van der Waals surface area contributed by atoms with Gasteiger partial charge in [0.15, 0.2) is 0 Å². The average Bonchev–Trinajstić information content (AvgIpc) is 2.78. The highest BCUT2D eigenvalue weighted by Gasteiger charge is 2.36. The van der Waals surface area contributed by atoms with Crippen LogP contribution in [0.3, 0.4) is 0 Å². The van der Waals surface area contributed by atoms with Gasteiger partial charge in [0.25, 0.3) is 11.5 Å². The average molecular weight is 478 g/mol. The first kappa shape index (κ1) is 23.7. The van der Waals surface area contributed by atoms with Crippen LogP contribution in [0.2, 0.25) is 0 Å². The third-order valence-electron chi connectivity index (χ3n) is 5.94. The maximum Gasteiger partial charge on any atom is 0.401 e. The van der Waals surface area contributed by atoms with E-state index < -0.39 is 41.7 Å². The first-order chi connectivity index (χ1) is 16.0. The van der Waals surface area contributed by atoms with E-state index in [4.69, 9.17) is 0 Å². The van der Waals surface area contributed by atoms with E-state index >= 15 is 0 Å². The van der Waals surface area contributed by atoms with Crippen LogP contribution in [0.25, 0.3) is 10.9 Å². The van der Waals surface area contributed by atoms with Crippen LogP contribution in [0.15, 0.2) is 52.1 Å². The predicted molar refractivity (Wildman–Crippen MR) is 117 cm³/mol. The molecular formula is C23H22F4N4O3. The normalized spacial score (nSPS) is 17.3. The van der Waals surface area contributed by atoms with Gasteiger partial charge in [-0.15, -0.1) is 0 Å². The molecule has 0 radical (unpaired) electrons. The monoisotopic (exact) mass is 478 g/mol. The van der Waals surface area contributed by atoms with Crippen molar-refractivity contribution in [3.8, 4) is 0 Å². The molecule has 1 aliphatic rings. The summed E-state index contributed by atoms with van der Waals surface area (Å²) in [5.41, 5.74) is -0.548. The number of rotatable bonds is 4. The number of aromatic nitrogens is 2. The van der Waals surface area contributed by atoms with Gasteiger partial charge >= 0.3 is 11.9 Å². The second-order valence-electron chi connectivity index (χ2n) is 8.36. The molecule has 1 amide bonds. The van der Waals surface area contributed by atoms with E-state index in [0.29, 0.717) is 16.5 Å². The van der Waals surface area contributed by atoms with Crippen LogP contribution in [0.4, 0.5) is 17.6 Å². The van der Waals surface area contributed by atoms with Gasteiger partial charge in [-0.3, -0.25) is 24.0 Å². The Morgan fingerprint density at radius 1 is 1.12 bits per heavy atom. The fourth-order valence-electron chi connectivity index (χ4n) is 4.23. The zero-order valence-corrected chi connectivity index (χ0v) is 18.2. The minimum Gasteiger partial charge on any atom is -0.336 e. The van der Waals surface area contributed by atoms with E-state index in [9.17, 15) is 31.9 Å². The number of H-pyrrole nitrogens is 1. The molecule has 7 nitrogen and oxygen atoms in total. The number of fused-ring (bicyclic) bond motifs is 1. The number of nitrogens with zero attached hydrogens (tertiary/aromatic N) is 3. The fourth-order valence-corrected chi connectivity index (χ4v) is 4.23. The van der Waals surface area contributed by atoms with Crippen LogP contribution in [-0.2, 0) is 6.54 Å². The van der Waals surface area contributed by atoms with E-state index in [2.05, 4.69) is 4.98 Å². The Kier molecular flexibility index (Phi) is 6.30. The van der Waals surface area contributed by atoms with Crippen molar-refractivity contribution in [3.05, 3.63) is 80.2 Å². The second kappa shape index (κ2) is 9.05. The third kappa shape index (κ3) is 4.89. The summed E-state index contributed by atoms with van der Waals surface area (Å²) in [6, 6.07) is 9.86. The number of hydrogen-bond acceptors (Lipinski definition) is 4. The lowest BCUT2D eigenvalue weighted by Crippen LogP contribution is -2.55. The summed E-state index contributed by atoms with van der Waals surface area (Å²) in [5.74, 6) is -1.39. The maximum atomic E-state index is 14.6. The number of nitrogens with one attached hydrogen (secondary N) is 1. The van der Waals surface area contributed by atoms with Crippen LogP contribution in [0.5, 0.6) is 0 Å². The summed E-state index contributed by atoms with van der Waals surface area (Å²) < 4.78 is 54.1. The van der Waals surface area contributed by atoms with Crippen molar-refractivity contribution in [2.45, 2.75) is 25.7 Å². The highest BCUT2D eigenvalue weighted by Crippen LogP contribution is 2.22. The molecule has 1 atom stereocenters. The number of para-hydroxylation sites is 1. The van der Waals surface area contributed by atoms with E-state index in [0.717, 1.165) is 6.07 Å². The first-order valence-electron chi connectivity index (χ1n) is 10.6. The number of halogens is 4. The number of benzene rings is 2. The fraction of sp³-hybridized carbons (Fsp3) is 0.348. The molecule has 1 saturated heterocycles. The Bertz CT molecular complexity index is 1350. The van der Waals surface area contributed by atoms with Gasteiger partial charge < -0.3 is 4.90 Å². The molecule has 11 heteroatoms. The molecule has 180 valence electrons. The largest absolute Gasteiger partial charge is 0.401 e. The molecule has 0 spiro atoms. The number of piperazine rings is 1. The summed E-state index contributed by atoms with van der Waals surface area (Å²) in [4.78, 5) is 42.3. The molecule has 0 bridgehead atoms. The summed E-state index contributed by atoms with van der Waals surface area (Å²) in [5, 5.41) is 0.311. The Morgan fingerprint density at radius 3 is 2.56 bits per heavy atom. The summed E-state index contributed by atoms with van der Waals surface area (Å²) in [6.07, 6.45) is -4.34. The minimum atomic E-state index is -4.34. The molecule has 1 fully saturated rings. The molecule has 1 aliphatic heterocycles. The summed E-state index contributed by atoms with van der Waals surface area (Å²) in [7, 11) is 0. The van der Waals surface area contributed by atoms with Gasteiger partial charge in [-0.05, 0) is 36.8 Å². The number of carbonyl (C=O) groups is 1. The van der Waals surface area contributed by atoms with Crippen molar-refractivity contribution in [2.24, 2.45) is 0 Å². The predicted octanol–water partition coefficient (Wildman–Crippen LogP) is 2.59. The Morgan fingerprint density at radius 2 is 1.85 bits per heavy atom. The van der Waals surface area contributed by atoms with Gasteiger partial charge in [-0.2, -0.15) is 13.2 Å². The standard InChI is InChI=1S/C23H22F4N4O3/c1-14-11-29(8-9-30(14)13-23(25,26)27)21(33)17-10-15(6-7-18(17)24)12-31-19-5-3-2-4-16(19)20(32)28-22(31)34/h2-7,10,14H,8-9,11-13H2,1H3,(H,28,32,34). The second-order valence-corrected chi connectivity index (χ2v) is 8.36. The Balaban J connectivity index is 1.58. The van der Waals surface area contributed by atoms with E-state index in [1.807, 2.05) is 0 Å². The van der Waals surface area contributed by atoms with Crippen molar-refractivity contribution in [1.82, 2.24) is 19.4 Å². The lowest BCUT2D eigenvalue weighted by atomic mass is 10.1. The molecule has 2 heterocycles. The van der Waals surface area contributed by atoms with Crippen molar-refractivity contribution >= 4 is 16.8 Å². The quantitative estimate of drug-likeness (QED) is 0.585. The van der Waals surface area contributed by atoms with E-state index in [-0.39, 0.29) is 31.7 Å². The van der Waals surface area contributed by atoms with Crippen molar-refractivity contribution < 1.29 is 22.4 Å². The van der Waals surface area contributed by atoms with Gasteiger partial charge in [0, 0.05) is 25.7 Å². The highest BCUT2D eigenvalue weighted by molar-refractivity contribution is 5.94. The van der Waals surface area contributed by atoms with Crippen LogP contribution in [0.1, 0.15) is 22.8 Å². The molecule has 1 unspecified atom stereocenters. The molecule has 2 aromatic carbocycles. The van der Waals surface area contributed by atoms with Crippen molar-refractivity contribution in [3.63, 3.8) is 0 Å². The molecule has 1 N–H and O–H groups in total. The van der Waals surface area contributed by atoms with Gasteiger partial charge in [-0.25, -0.2) is 9.18 Å². The SMILES string of the molecule is CC1CN(C(=O)c2cc(Cn3c(=O)[nH]c(=O)c4ccccc43)ccc2F)CCN1CC(F)(F)F. The van der Waals surface area contributed by atoms with Gasteiger partial charge in [-0.1, -0.05) is 18.2 Å². The van der Waals surface area contributed by atoms with Crippen LogP contribution < -0.4 is 11.2 Å². The van der Waals surface area contributed by atoms with Gasteiger partial charge in [0.2, 0.25) is 0 Å². The van der Waals surface area contributed by atoms with Crippen LogP contribution in [0, 0.1) is 5.82 Å². The lowest BCUT2D eigenvalue weighted by molar-refractivity contribution is -0.153.